The quantitative estimate of drug-likeness (QED) is 0.859. The fraction of sp³-hybridized carbons (Fsp3) is 0.200. The molecule has 1 aromatic heterocycles. The number of fused-ring (bicyclic) bond motifs is 1. The molecule has 0 aliphatic heterocycles. The van der Waals surface area contributed by atoms with Gasteiger partial charge in [0.15, 0.2) is 0 Å². The van der Waals surface area contributed by atoms with Gasteiger partial charge in [-0.25, -0.2) is 0 Å². The van der Waals surface area contributed by atoms with Crippen molar-refractivity contribution in [3.8, 4) is 0 Å². The number of hydrogen-bond donors (Lipinski definition) is 1. The summed E-state index contributed by atoms with van der Waals surface area (Å²) in [5, 5.41) is 11.9. The van der Waals surface area contributed by atoms with Crippen LogP contribution in [0, 0.1) is 0 Å². The molecular formula is C10H7NO5S. The minimum Gasteiger partial charge on any atom is -0.481 e. The average Bonchev–Trinajstić information content (AvgIpc) is 2.74. The van der Waals surface area contributed by atoms with E-state index in [9.17, 15) is 14.4 Å². The zero-order valence-corrected chi connectivity index (χ0v) is 9.32. The summed E-state index contributed by atoms with van der Waals surface area (Å²) in [5.74, 6) is -1.54. The summed E-state index contributed by atoms with van der Waals surface area (Å²) in [6.07, 6.45) is 2.28. The minimum absolute atomic E-state index is 0.0578. The number of ketones is 2. The second-order valence-corrected chi connectivity index (χ2v) is 4.40. The molecule has 0 aromatic carbocycles. The molecule has 2 rings (SSSR count). The monoisotopic (exact) mass is 253 g/mol. The zero-order chi connectivity index (χ0) is 12.4. The van der Waals surface area contributed by atoms with Crippen molar-refractivity contribution in [3.05, 3.63) is 28.5 Å². The first-order valence-corrected chi connectivity index (χ1v) is 5.68. The first kappa shape index (κ1) is 11.6. The lowest BCUT2D eigenvalue weighted by atomic mass is 10.0. The lowest BCUT2D eigenvalue weighted by Crippen LogP contribution is -2.13. The Morgan fingerprint density at radius 2 is 2.24 bits per heavy atom. The molecule has 1 heterocycles. The van der Waals surface area contributed by atoms with Crippen LogP contribution in [0.1, 0.15) is 27.3 Å². The van der Waals surface area contributed by atoms with Crippen molar-refractivity contribution in [2.45, 2.75) is 6.42 Å². The number of nitrogens with zero attached hydrogens (tertiary/aromatic N) is 1. The number of carbonyl (C=O) groups excluding carboxylic acids is 2. The van der Waals surface area contributed by atoms with Gasteiger partial charge in [0.05, 0.1) is 23.1 Å². The molecule has 0 saturated heterocycles. The normalized spacial score (nSPS) is 14.5. The molecule has 0 saturated carbocycles. The Bertz CT molecular complexity index is 531. The molecule has 0 radical (unpaired) electrons. The van der Waals surface area contributed by atoms with Crippen molar-refractivity contribution in [2.75, 3.05) is 5.75 Å². The summed E-state index contributed by atoms with van der Waals surface area (Å²) >= 11 is 1.04. The summed E-state index contributed by atoms with van der Waals surface area (Å²) in [4.78, 5) is 33.9. The number of aliphatic carboxylic acids is 1. The van der Waals surface area contributed by atoms with Crippen molar-refractivity contribution >= 4 is 29.3 Å². The summed E-state index contributed by atoms with van der Waals surface area (Å²) < 4.78 is 4.66. The summed E-state index contributed by atoms with van der Waals surface area (Å²) in [6, 6.07) is 0. The van der Waals surface area contributed by atoms with Gasteiger partial charge in [0.1, 0.15) is 0 Å². The van der Waals surface area contributed by atoms with Crippen LogP contribution in [0.15, 0.2) is 21.7 Å². The molecule has 1 N–H and O–H groups in total. The highest BCUT2D eigenvalue weighted by atomic mass is 32.2. The maximum absolute atomic E-state index is 11.8. The highest BCUT2D eigenvalue weighted by Crippen LogP contribution is 2.28. The molecule has 88 valence electrons. The van der Waals surface area contributed by atoms with E-state index in [0.29, 0.717) is 0 Å². The van der Waals surface area contributed by atoms with Crippen LogP contribution in [0.3, 0.4) is 0 Å². The van der Waals surface area contributed by atoms with E-state index < -0.39 is 11.8 Å². The number of aromatic nitrogens is 1. The summed E-state index contributed by atoms with van der Waals surface area (Å²) in [7, 11) is 0. The smallest absolute Gasteiger partial charge is 0.304 e. The molecule has 0 bridgehead atoms. The SMILES string of the molecule is O=C(O)CCSC1=CC(=O)c2oncc2C1=O. The van der Waals surface area contributed by atoms with Gasteiger partial charge in [0.25, 0.3) is 0 Å². The standard InChI is InChI=1S/C10H7NO5S/c12-6-3-7(17-2-1-8(13)14)9(15)5-4-11-16-10(5)6/h3-4H,1-2H2,(H,13,14). The third kappa shape index (κ3) is 2.28. The van der Waals surface area contributed by atoms with Gasteiger partial charge in [-0.15, -0.1) is 11.8 Å². The van der Waals surface area contributed by atoms with E-state index >= 15 is 0 Å². The molecular weight excluding hydrogens is 246 g/mol. The molecule has 1 aliphatic carbocycles. The van der Waals surface area contributed by atoms with Crippen LogP contribution in [-0.2, 0) is 4.79 Å². The van der Waals surface area contributed by atoms with Crippen molar-refractivity contribution < 1.29 is 24.0 Å². The second-order valence-electron chi connectivity index (χ2n) is 3.26. The Kier molecular flexibility index (Phi) is 3.10. The first-order chi connectivity index (χ1) is 8.09. The molecule has 0 spiro atoms. The first-order valence-electron chi connectivity index (χ1n) is 4.69. The fourth-order valence-electron chi connectivity index (χ4n) is 1.32. The van der Waals surface area contributed by atoms with Gasteiger partial charge in [-0.1, -0.05) is 5.16 Å². The van der Waals surface area contributed by atoms with Crippen LogP contribution in [0.4, 0.5) is 0 Å². The maximum atomic E-state index is 11.8. The van der Waals surface area contributed by atoms with Gasteiger partial charge in [0.2, 0.25) is 17.3 Å². The molecule has 6 nitrogen and oxygen atoms in total. The van der Waals surface area contributed by atoms with Crippen molar-refractivity contribution in [1.82, 2.24) is 5.16 Å². The Balaban J connectivity index is 2.12. The Labute approximate surface area is 99.7 Å². The van der Waals surface area contributed by atoms with Crippen molar-refractivity contribution in [2.24, 2.45) is 0 Å². The van der Waals surface area contributed by atoms with Crippen LogP contribution >= 0.6 is 11.8 Å². The van der Waals surface area contributed by atoms with Gasteiger partial charge in [-0.3, -0.25) is 14.4 Å². The summed E-state index contributed by atoms with van der Waals surface area (Å²) in [6.45, 7) is 0. The molecule has 0 atom stereocenters. The van der Waals surface area contributed by atoms with Crippen LogP contribution < -0.4 is 0 Å². The number of carbonyl (C=O) groups is 3. The van der Waals surface area contributed by atoms with Gasteiger partial charge in [-0.05, 0) is 0 Å². The number of carboxylic acid groups (broad SMARTS) is 1. The number of carboxylic acids is 1. The molecule has 0 unspecified atom stereocenters. The van der Waals surface area contributed by atoms with E-state index in [4.69, 9.17) is 5.11 Å². The highest BCUT2D eigenvalue weighted by Gasteiger charge is 2.29. The maximum Gasteiger partial charge on any atom is 0.304 e. The number of Topliss-reactive ketones (excluding diaryl/α,β-unsaturated/α-hetero) is 1. The third-order valence-electron chi connectivity index (χ3n) is 2.10. The predicted octanol–water partition coefficient (Wildman–Crippen LogP) is 1.15. The second kappa shape index (κ2) is 4.54. The third-order valence-corrected chi connectivity index (χ3v) is 3.12. The van der Waals surface area contributed by atoms with Crippen LogP contribution in [0.2, 0.25) is 0 Å². The molecule has 17 heavy (non-hydrogen) atoms. The van der Waals surface area contributed by atoms with Gasteiger partial charge in [0, 0.05) is 11.8 Å². The number of rotatable bonds is 4. The van der Waals surface area contributed by atoms with Gasteiger partial charge >= 0.3 is 5.97 Å². The molecule has 7 heteroatoms. The fourth-order valence-corrected chi connectivity index (χ4v) is 2.25. The Hall–Kier alpha value is -1.89. The van der Waals surface area contributed by atoms with E-state index in [1.807, 2.05) is 0 Å². The highest BCUT2D eigenvalue weighted by molar-refractivity contribution is 8.04. The van der Waals surface area contributed by atoms with E-state index in [1.54, 1.807) is 0 Å². The van der Waals surface area contributed by atoms with Crippen LogP contribution in [0.25, 0.3) is 0 Å². The van der Waals surface area contributed by atoms with Crippen LogP contribution in [-0.4, -0.2) is 33.6 Å². The van der Waals surface area contributed by atoms with E-state index in [0.717, 1.165) is 17.8 Å². The zero-order valence-electron chi connectivity index (χ0n) is 8.50. The van der Waals surface area contributed by atoms with E-state index in [1.165, 1.54) is 6.20 Å². The van der Waals surface area contributed by atoms with Gasteiger partial charge in [-0.2, -0.15) is 0 Å². The lowest BCUT2D eigenvalue weighted by molar-refractivity contribution is -0.136. The Morgan fingerprint density at radius 3 is 2.94 bits per heavy atom. The molecule has 1 aliphatic rings. The molecule has 0 fully saturated rings. The number of allylic oxidation sites excluding steroid dienone is 2. The van der Waals surface area contributed by atoms with Crippen molar-refractivity contribution in [1.29, 1.82) is 0 Å². The van der Waals surface area contributed by atoms with Gasteiger partial charge < -0.3 is 9.63 Å². The average molecular weight is 253 g/mol. The predicted molar refractivity (Wildman–Crippen MR) is 58.0 cm³/mol. The van der Waals surface area contributed by atoms with E-state index in [-0.39, 0.29) is 34.2 Å². The van der Waals surface area contributed by atoms with E-state index in [2.05, 4.69) is 9.68 Å². The number of thioether (sulfide) groups is 1. The van der Waals surface area contributed by atoms with Crippen molar-refractivity contribution in [3.63, 3.8) is 0 Å². The molecule has 1 aromatic rings. The number of hydrogen-bond acceptors (Lipinski definition) is 6. The topological polar surface area (TPSA) is 97.5 Å². The summed E-state index contributed by atoms with van der Waals surface area (Å²) in [5.41, 5.74) is 0.135. The Morgan fingerprint density at radius 1 is 1.47 bits per heavy atom. The lowest BCUT2D eigenvalue weighted by Gasteiger charge is -2.08. The molecule has 0 amide bonds. The minimum atomic E-state index is -0.946. The van der Waals surface area contributed by atoms with Crippen LogP contribution in [0.5, 0.6) is 0 Å². The largest absolute Gasteiger partial charge is 0.481 e.